The van der Waals surface area contributed by atoms with Crippen LogP contribution in [0.5, 0.6) is 5.75 Å². The lowest BCUT2D eigenvalue weighted by Gasteiger charge is -2.25. The minimum atomic E-state index is 0. The van der Waals surface area contributed by atoms with Crippen LogP contribution in [0.4, 0.5) is 0 Å². The van der Waals surface area contributed by atoms with Gasteiger partial charge in [0.05, 0.1) is 18.2 Å². The summed E-state index contributed by atoms with van der Waals surface area (Å²) in [7, 11) is 1.68. The van der Waals surface area contributed by atoms with Gasteiger partial charge < -0.3 is 15.0 Å². The first-order valence-corrected chi connectivity index (χ1v) is 9.12. The summed E-state index contributed by atoms with van der Waals surface area (Å²) in [5.74, 6) is 0.780. The molecule has 1 atom stereocenters. The van der Waals surface area contributed by atoms with E-state index in [2.05, 4.69) is 47.6 Å². The van der Waals surface area contributed by atoms with Gasteiger partial charge in [0.25, 0.3) is 0 Å². The van der Waals surface area contributed by atoms with Gasteiger partial charge in [-0.15, -0.1) is 12.4 Å². The number of methoxy groups -OCH3 is 1. The van der Waals surface area contributed by atoms with Crippen molar-refractivity contribution in [2.24, 2.45) is 0 Å². The van der Waals surface area contributed by atoms with Gasteiger partial charge in [-0.25, -0.2) is 0 Å². The summed E-state index contributed by atoms with van der Waals surface area (Å²) in [5.41, 5.74) is 7.44. The maximum absolute atomic E-state index is 6.60. The molecule has 0 radical (unpaired) electrons. The summed E-state index contributed by atoms with van der Waals surface area (Å²) in [5, 5.41) is 5.73. The lowest BCUT2D eigenvalue weighted by atomic mass is 9.94. The van der Waals surface area contributed by atoms with Gasteiger partial charge in [0.15, 0.2) is 0 Å². The zero-order chi connectivity index (χ0) is 17.6. The number of hydrogen-bond donors (Lipinski definition) is 2. The quantitative estimate of drug-likeness (QED) is 0.613. The average Bonchev–Trinajstić information content (AvgIpc) is 2.97. The first kappa shape index (κ1) is 19.1. The van der Waals surface area contributed by atoms with E-state index in [1.807, 2.05) is 6.92 Å². The third-order valence-corrected chi connectivity index (χ3v) is 5.63. The molecule has 1 aromatic heterocycles. The van der Waals surface area contributed by atoms with Gasteiger partial charge in [-0.1, -0.05) is 35.4 Å². The molecule has 4 rings (SSSR count). The fraction of sp³-hybridized carbons (Fsp3) is 0.333. The Kier molecular flexibility index (Phi) is 5.52. The van der Waals surface area contributed by atoms with Crippen molar-refractivity contribution in [3.05, 3.63) is 63.3 Å². The van der Waals surface area contributed by atoms with E-state index in [0.717, 1.165) is 41.3 Å². The number of ether oxygens (including phenoxy) is 1. The molecule has 0 bridgehead atoms. The SMILES string of the molecule is COc1c(C)ccc(CC2NCCc3c2[nH]c2ccc(C)cc32)c1Cl.Cl.[HH]. The molecule has 2 N–H and O–H groups in total. The van der Waals surface area contributed by atoms with Gasteiger partial charge in [0.1, 0.15) is 5.75 Å². The molecule has 140 valence electrons. The molecule has 1 aliphatic rings. The van der Waals surface area contributed by atoms with Crippen molar-refractivity contribution in [1.82, 2.24) is 10.3 Å². The number of aryl methyl sites for hydroxylation is 2. The Bertz CT molecular complexity index is 955. The van der Waals surface area contributed by atoms with Crippen LogP contribution in [0.1, 0.15) is 35.4 Å². The first-order chi connectivity index (χ1) is 12.1. The number of aromatic nitrogens is 1. The summed E-state index contributed by atoms with van der Waals surface area (Å²) in [4.78, 5) is 3.64. The molecule has 0 aliphatic carbocycles. The fourth-order valence-corrected chi connectivity index (χ4v) is 4.28. The second-order valence-corrected chi connectivity index (χ2v) is 7.29. The Hall–Kier alpha value is -1.68. The zero-order valence-electron chi connectivity index (χ0n) is 15.3. The Morgan fingerprint density at radius 3 is 2.81 bits per heavy atom. The van der Waals surface area contributed by atoms with Gasteiger partial charge in [0, 0.05) is 18.0 Å². The number of halogens is 2. The Balaban J connectivity index is 0.00000131. The standard InChI is InChI=1S/C21H23ClN2O.ClH.H2/c1-12-4-7-17-16(10-12)15-8-9-23-18(20(15)24-17)11-14-6-5-13(2)21(25-3)19(14)22;;/h4-7,10,18,23-24H,8-9,11H2,1-3H3;2*1H. The van der Waals surface area contributed by atoms with Crippen molar-refractivity contribution >= 4 is 34.9 Å². The van der Waals surface area contributed by atoms with Crippen molar-refractivity contribution in [3.8, 4) is 5.75 Å². The molecule has 0 fully saturated rings. The molecule has 0 spiro atoms. The molecule has 3 nitrogen and oxygen atoms in total. The number of benzene rings is 2. The summed E-state index contributed by atoms with van der Waals surface area (Å²) >= 11 is 6.60. The second-order valence-electron chi connectivity index (χ2n) is 6.92. The van der Waals surface area contributed by atoms with Crippen LogP contribution in [0, 0.1) is 13.8 Å². The highest BCUT2D eigenvalue weighted by molar-refractivity contribution is 6.33. The number of H-pyrrole nitrogens is 1. The predicted molar refractivity (Wildman–Crippen MR) is 113 cm³/mol. The van der Waals surface area contributed by atoms with Gasteiger partial charge in [-0.2, -0.15) is 0 Å². The average molecular weight is 393 g/mol. The third-order valence-electron chi connectivity index (χ3n) is 5.21. The van der Waals surface area contributed by atoms with Crippen molar-refractivity contribution in [1.29, 1.82) is 0 Å². The molecule has 0 saturated heterocycles. The Labute approximate surface area is 167 Å². The highest BCUT2D eigenvalue weighted by atomic mass is 35.5. The van der Waals surface area contributed by atoms with E-state index < -0.39 is 0 Å². The molecule has 0 saturated carbocycles. The number of rotatable bonds is 3. The highest BCUT2D eigenvalue weighted by Crippen LogP contribution is 2.36. The van der Waals surface area contributed by atoms with Crippen LogP contribution in [0.25, 0.3) is 10.9 Å². The van der Waals surface area contributed by atoms with Crippen LogP contribution in [0.3, 0.4) is 0 Å². The first-order valence-electron chi connectivity index (χ1n) is 8.75. The van der Waals surface area contributed by atoms with Crippen molar-refractivity contribution in [3.63, 3.8) is 0 Å². The maximum atomic E-state index is 6.60. The predicted octanol–water partition coefficient (Wildman–Crippen LogP) is 5.54. The van der Waals surface area contributed by atoms with Crippen molar-refractivity contribution < 1.29 is 6.16 Å². The van der Waals surface area contributed by atoms with Gasteiger partial charge >= 0.3 is 0 Å². The molecule has 5 heteroatoms. The largest absolute Gasteiger partial charge is 0.495 e. The molecule has 2 heterocycles. The number of hydrogen-bond acceptors (Lipinski definition) is 2. The Morgan fingerprint density at radius 2 is 2.04 bits per heavy atom. The van der Waals surface area contributed by atoms with E-state index in [9.17, 15) is 0 Å². The minimum Gasteiger partial charge on any atom is -0.495 e. The molecule has 1 unspecified atom stereocenters. The van der Waals surface area contributed by atoms with Crippen LogP contribution in [0.2, 0.25) is 5.02 Å². The smallest absolute Gasteiger partial charge is 0.140 e. The topological polar surface area (TPSA) is 37.0 Å². The monoisotopic (exact) mass is 392 g/mol. The van der Waals surface area contributed by atoms with Crippen LogP contribution in [0.15, 0.2) is 30.3 Å². The lowest BCUT2D eigenvalue weighted by Crippen LogP contribution is -2.31. The number of aromatic amines is 1. The number of nitrogens with one attached hydrogen (secondary N) is 2. The molecule has 0 amide bonds. The molecule has 1 aliphatic heterocycles. The van der Waals surface area contributed by atoms with E-state index >= 15 is 0 Å². The Morgan fingerprint density at radius 1 is 1.23 bits per heavy atom. The highest BCUT2D eigenvalue weighted by Gasteiger charge is 2.25. The molecule has 26 heavy (non-hydrogen) atoms. The van der Waals surface area contributed by atoms with Crippen molar-refractivity contribution in [2.45, 2.75) is 32.7 Å². The lowest BCUT2D eigenvalue weighted by molar-refractivity contribution is 0.410. The van der Waals surface area contributed by atoms with E-state index in [-0.39, 0.29) is 19.9 Å². The summed E-state index contributed by atoms with van der Waals surface area (Å²) < 4.78 is 5.48. The van der Waals surface area contributed by atoms with Gasteiger partial charge in [-0.05, 0) is 62.1 Å². The fourth-order valence-electron chi connectivity index (χ4n) is 3.92. The summed E-state index contributed by atoms with van der Waals surface area (Å²) in [6, 6.07) is 11.1. The minimum absolute atomic E-state index is 0. The normalized spacial score (nSPS) is 16.2. The van der Waals surface area contributed by atoms with Crippen molar-refractivity contribution in [2.75, 3.05) is 13.7 Å². The van der Waals surface area contributed by atoms with E-state index in [1.165, 1.54) is 27.7 Å². The summed E-state index contributed by atoms with van der Waals surface area (Å²) in [6.07, 6.45) is 1.90. The maximum Gasteiger partial charge on any atom is 0.140 e. The van der Waals surface area contributed by atoms with Gasteiger partial charge in [0.2, 0.25) is 0 Å². The van der Waals surface area contributed by atoms with E-state index in [0.29, 0.717) is 0 Å². The molecular formula is C21H26Cl2N2O. The van der Waals surface area contributed by atoms with Gasteiger partial charge in [-0.3, -0.25) is 0 Å². The second kappa shape index (κ2) is 7.51. The third kappa shape index (κ3) is 3.20. The zero-order valence-corrected chi connectivity index (χ0v) is 16.9. The van der Waals surface area contributed by atoms with E-state index in [1.54, 1.807) is 7.11 Å². The van der Waals surface area contributed by atoms with Crippen LogP contribution >= 0.6 is 24.0 Å². The molecular weight excluding hydrogens is 367 g/mol. The molecule has 2 aromatic carbocycles. The number of fused-ring (bicyclic) bond motifs is 3. The van der Waals surface area contributed by atoms with Crippen LogP contribution < -0.4 is 10.1 Å². The van der Waals surface area contributed by atoms with E-state index in [4.69, 9.17) is 16.3 Å². The molecule has 3 aromatic rings. The van der Waals surface area contributed by atoms with Crippen LogP contribution in [-0.4, -0.2) is 18.6 Å². The van der Waals surface area contributed by atoms with Crippen LogP contribution in [-0.2, 0) is 12.8 Å². The summed E-state index contributed by atoms with van der Waals surface area (Å²) in [6.45, 7) is 5.15.